The zero-order valence-electron chi connectivity index (χ0n) is 12.3. The molecule has 0 unspecified atom stereocenters. The van der Waals surface area contributed by atoms with E-state index in [9.17, 15) is 14.9 Å². The van der Waals surface area contributed by atoms with Gasteiger partial charge in [-0.05, 0) is 46.9 Å². The molecule has 1 N–H and O–H groups in total. The third-order valence-electron chi connectivity index (χ3n) is 2.97. The molecule has 9 heteroatoms. The fourth-order valence-corrected chi connectivity index (χ4v) is 2.68. The minimum atomic E-state index is -0.536. The Bertz CT molecular complexity index is 826. The van der Waals surface area contributed by atoms with Crippen LogP contribution >= 0.6 is 34.2 Å². The van der Waals surface area contributed by atoms with Crippen molar-refractivity contribution in [3.8, 4) is 5.75 Å². The molecule has 0 saturated heterocycles. The zero-order chi connectivity index (χ0) is 17.7. The number of nitro benzene ring substituents is 1. The van der Waals surface area contributed by atoms with E-state index in [1.165, 1.54) is 24.4 Å². The quantitative estimate of drug-likeness (QED) is 0.320. The van der Waals surface area contributed by atoms with Crippen molar-refractivity contribution in [3.63, 3.8) is 0 Å². The fraction of sp³-hybridized carbons (Fsp3) is 0.0667. The van der Waals surface area contributed by atoms with Gasteiger partial charge < -0.3 is 4.74 Å². The molecule has 0 radical (unpaired) electrons. The maximum atomic E-state index is 12.0. The van der Waals surface area contributed by atoms with Crippen LogP contribution < -0.4 is 10.2 Å². The topological polar surface area (TPSA) is 93.8 Å². The van der Waals surface area contributed by atoms with Gasteiger partial charge in [-0.15, -0.1) is 0 Å². The number of benzene rings is 2. The van der Waals surface area contributed by atoms with Gasteiger partial charge in [0.05, 0.1) is 21.8 Å². The first-order chi connectivity index (χ1) is 11.4. The van der Waals surface area contributed by atoms with Crippen molar-refractivity contribution < 1.29 is 14.5 Å². The maximum absolute atomic E-state index is 12.0. The van der Waals surface area contributed by atoms with Crippen molar-refractivity contribution in [2.24, 2.45) is 5.10 Å². The molecule has 124 valence electrons. The molecule has 0 atom stereocenters. The Labute approximate surface area is 155 Å². The molecule has 0 saturated carbocycles. The van der Waals surface area contributed by atoms with Crippen LogP contribution in [0.2, 0.25) is 5.02 Å². The molecule has 24 heavy (non-hydrogen) atoms. The molecule has 0 heterocycles. The number of amides is 1. The number of rotatable bonds is 5. The third kappa shape index (κ3) is 4.42. The summed E-state index contributed by atoms with van der Waals surface area (Å²) in [7, 11) is 1.55. The van der Waals surface area contributed by atoms with Gasteiger partial charge in [-0.25, -0.2) is 5.43 Å². The van der Waals surface area contributed by atoms with Gasteiger partial charge in [-0.2, -0.15) is 5.10 Å². The number of nitrogens with one attached hydrogen (secondary N) is 1. The summed E-state index contributed by atoms with van der Waals surface area (Å²) in [6, 6.07) is 8.90. The average Bonchev–Trinajstić information content (AvgIpc) is 2.56. The number of carbonyl (C=O) groups is 1. The maximum Gasteiger partial charge on any atom is 0.271 e. The molecule has 1 amide bonds. The van der Waals surface area contributed by atoms with Gasteiger partial charge in [0, 0.05) is 28.3 Å². The standard InChI is InChI=1S/C15H11ClIN3O4/c1-24-14-5-2-9(7-13(14)17)15(21)19-18-8-10-6-11(20(22)23)3-4-12(10)16/h2-8H,1H3,(H,19,21)/b18-8-. The van der Waals surface area contributed by atoms with Crippen LogP contribution in [-0.2, 0) is 0 Å². The average molecular weight is 460 g/mol. The predicted molar refractivity (Wildman–Crippen MR) is 98.9 cm³/mol. The van der Waals surface area contributed by atoms with Gasteiger partial charge in [0.15, 0.2) is 0 Å². The van der Waals surface area contributed by atoms with E-state index in [0.717, 1.165) is 3.57 Å². The molecular weight excluding hydrogens is 449 g/mol. The first-order valence-electron chi connectivity index (χ1n) is 6.53. The van der Waals surface area contributed by atoms with E-state index in [0.29, 0.717) is 16.9 Å². The van der Waals surface area contributed by atoms with Gasteiger partial charge in [-0.3, -0.25) is 14.9 Å². The van der Waals surface area contributed by atoms with Crippen LogP contribution in [0.25, 0.3) is 0 Å². The number of hydrogen-bond donors (Lipinski definition) is 1. The Morgan fingerprint density at radius 2 is 2.12 bits per heavy atom. The molecule has 0 fully saturated rings. The van der Waals surface area contributed by atoms with Crippen LogP contribution in [0, 0.1) is 13.7 Å². The van der Waals surface area contributed by atoms with E-state index in [1.807, 2.05) is 0 Å². The molecule has 7 nitrogen and oxygen atoms in total. The Morgan fingerprint density at radius 1 is 1.38 bits per heavy atom. The molecule has 2 rings (SSSR count). The van der Waals surface area contributed by atoms with Crippen LogP contribution in [0.3, 0.4) is 0 Å². The first-order valence-corrected chi connectivity index (χ1v) is 7.99. The number of carbonyl (C=O) groups excluding carboxylic acids is 1. The lowest BCUT2D eigenvalue weighted by Gasteiger charge is -2.05. The minimum absolute atomic E-state index is 0.114. The largest absolute Gasteiger partial charge is 0.496 e. The highest BCUT2D eigenvalue weighted by molar-refractivity contribution is 14.1. The van der Waals surface area contributed by atoms with E-state index in [4.69, 9.17) is 16.3 Å². The molecular formula is C15H11ClIN3O4. The molecule has 0 aliphatic heterocycles. The summed E-state index contributed by atoms with van der Waals surface area (Å²) in [4.78, 5) is 22.3. The minimum Gasteiger partial charge on any atom is -0.496 e. The van der Waals surface area contributed by atoms with Crippen LogP contribution in [0.5, 0.6) is 5.75 Å². The molecule has 0 aliphatic carbocycles. The SMILES string of the molecule is COc1ccc(C(=O)N/N=C\c2cc([N+](=O)[O-])ccc2Cl)cc1I. The number of ether oxygens (including phenoxy) is 1. The number of nitro groups is 1. The normalized spacial score (nSPS) is 10.6. The Kier molecular flexibility index (Phi) is 6.10. The Balaban J connectivity index is 2.11. The summed E-state index contributed by atoms with van der Waals surface area (Å²) in [6.45, 7) is 0. The van der Waals surface area contributed by atoms with Gasteiger partial charge >= 0.3 is 0 Å². The molecule has 0 spiro atoms. The van der Waals surface area contributed by atoms with Crippen LogP contribution in [0.4, 0.5) is 5.69 Å². The number of non-ortho nitro benzene ring substituents is 1. The van der Waals surface area contributed by atoms with Crippen molar-refractivity contribution in [1.29, 1.82) is 0 Å². The molecule has 0 aliphatic rings. The molecule has 0 bridgehead atoms. The van der Waals surface area contributed by atoms with Crippen molar-refractivity contribution in [3.05, 3.63) is 66.2 Å². The Hall–Kier alpha value is -2.20. The summed E-state index contributed by atoms with van der Waals surface area (Å²) in [5.74, 6) is 0.243. The van der Waals surface area contributed by atoms with E-state index >= 15 is 0 Å². The van der Waals surface area contributed by atoms with E-state index < -0.39 is 10.8 Å². The summed E-state index contributed by atoms with van der Waals surface area (Å²) in [5, 5.41) is 14.8. The predicted octanol–water partition coefficient (Wildman–Crippen LogP) is 3.63. The highest BCUT2D eigenvalue weighted by Crippen LogP contribution is 2.22. The highest BCUT2D eigenvalue weighted by atomic mass is 127. The number of nitrogens with zero attached hydrogens (tertiary/aromatic N) is 2. The van der Waals surface area contributed by atoms with Crippen LogP contribution in [-0.4, -0.2) is 24.2 Å². The summed E-state index contributed by atoms with van der Waals surface area (Å²) < 4.78 is 5.91. The zero-order valence-corrected chi connectivity index (χ0v) is 15.2. The lowest BCUT2D eigenvalue weighted by atomic mass is 10.2. The summed E-state index contributed by atoms with van der Waals surface area (Å²) in [6.07, 6.45) is 1.25. The number of hydrogen-bond acceptors (Lipinski definition) is 5. The van der Waals surface area contributed by atoms with Gasteiger partial charge in [-0.1, -0.05) is 11.6 Å². The highest BCUT2D eigenvalue weighted by Gasteiger charge is 2.10. The lowest BCUT2D eigenvalue weighted by Crippen LogP contribution is -2.17. The van der Waals surface area contributed by atoms with Crippen molar-refractivity contribution >= 4 is 52.0 Å². The second-order valence-corrected chi connectivity index (χ2v) is 6.08. The number of hydrazone groups is 1. The smallest absolute Gasteiger partial charge is 0.271 e. The summed E-state index contributed by atoms with van der Waals surface area (Å²) >= 11 is 8.00. The Morgan fingerprint density at radius 3 is 2.75 bits per heavy atom. The third-order valence-corrected chi connectivity index (χ3v) is 4.16. The lowest BCUT2D eigenvalue weighted by molar-refractivity contribution is -0.384. The number of halogens is 2. The van der Waals surface area contributed by atoms with Crippen LogP contribution in [0.15, 0.2) is 41.5 Å². The van der Waals surface area contributed by atoms with Crippen molar-refractivity contribution in [2.75, 3.05) is 7.11 Å². The van der Waals surface area contributed by atoms with E-state index in [-0.39, 0.29) is 10.7 Å². The van der Waals surface area contributed by atoms with Gasteiger partial charge in [0.1, 0.15) is 5.75 Å². The molecule has 2 aromatic rings. The second-order valence-electron chi connectivity index (χ2n) is 4.51. The number of methoxy groups -OCH3 is 1. The van der Waals surface area contributed by atoms with Crippen LogP contribution in [0.1, 0.15) is 15.9 Å². The van der Waals surface area contributed by atoms with Gasteiger partial charge in [0.2, 0.25) is 0 Å². The molecule has 2 aromatic carbocycles. The van der Waals surface area contributed by atoms with E-state index in [1.54, 1.807) is 25.3 Å². The fourth-order valence-electron chi connectivity index (χ4n) is 1.78. The van der Waals surface area contributed by atoms with E-state index in [2.05, 4.69) is 33.1 Å². The second kappa shape index (κ2) is 8.06. The first kappa shape index (κ1) is 18.1. The van der Waals surface area contributed by atoms with Crippen molar-refractivity contribution in [2.45, 2.75) is 0 Å². The summed E-state index contributed by atoms with van der Waals surface area (Å²) in [5.41, 5.74) is 2.97. The van der Waals surface area contributed by atoms with Gasteiger partial charge in [0.25, 0.3) is 11.6 Å². The molecule has 0 aromatic heterocycles. The van der Waals surface area contributed by atoms with Crippen molar-refractivity contribution in [1.82, 2.24) is 5.43 Å². The monoisotopic (exact) mass is 459 g/mol.